The highest BCUT2D eigenvalue weighted by atomic mass is 15.1. The summed E-state index contributed by atoms with van der Waals surface area (Å²) in [5.74, 6) is 2.63. The van der Waals surface area contributed by atoms with Crippen LogP contribution in [0.15, 0.2) is 0 Å². The summed E-state index contributed by atoms with van der Waals surface area (Å²) >= 11 is 0. The number of hydrogen-bond acceptors (Lipinski definition) is 1. The molecule has 11 heavy (non-hydrogen) atoms. The minimum Gasteiger partial charge on any atom is -0.295 e. The van der Waals surface area contributed by atoms with E-state index >= 15 is 0 Å². The zero-order valence-corrected chi connectivity index (χ0v) is 7.77. The molecule has 1 heteroatoms. The van der Waals surface area contributed by atoms with E-state index in [1.54, 1.807) is 0 Å². The number of terminal acetylenes is 1. The Labute approximate surface area is 70.8 Å². The van der Waals surface area contributed by atoms with E-state index in [2.05, 4.69) is 24.8 Å². The molecule has 0 rings (SSSR count). The summed E-state index contributed by atoms with van der Waals surface area (Å²) < 4.78 is 0. The molecular formula is C10H19N. The lowest BCUT2D eigenvalue weighted by Crippen LogP contribution is -2.19. The zero-order chi connectivity index (χ0) is 8.53. The van der Waals surface area contributed by atoms with Gasteiger partial charge in [0.25, 0.3) is 0 Å². The van der Waals surface area contributed by atoms with Crippen LogP contribution >= 0.6 is 0 Å². The molecule has 0 aromatic heterocycles. The fourth-order valence-corrected chi connectivity index (χ4v) is 1.04. The van der Waals surface area contributed by atoms with Crippen LogP contribution in [-0.4, -0.2) is 25.0 Å². The maximum absolute atomic E-state index is 5.17. The lowest BCUT2D eigenvalue weighted by molar-refractivity contribution is 0.362. The molecule has 0 aliphatic carbocycles. The highest BCUT2D eigenvalue weighted by molar-refractivity contribution is 4.86. The van der Waals surface area contributed by atoms with Gasteiger partial charge in [-0.3, -0.25) is 4.90 Å². The molecule has 0 aromatic rings. The minimum atomic E-state index is 0.784. The van der Waals surface area contributed by atoms with E-state index in [0.29, 0.717) is 0 Å². The third-order valence-corrected chi connectivity index (χ3v) is 1.75. The minimum absolute atomic E-state index is 0.784. The molecule has 0 aliphatic rings. The van der Waals surface area contributed by atoms with Crippen molar-refractivity contribution in [1.82, 2.24) is 4.90 Å². The third kappa shape index (κ3) is 7.42. The molecule has 0 atom stereocenters. The molecule has 0 spiro atoms. The second-order valence-electron chi connectivity index (χ2n) is 3.00. The Bertz CT molecular complexity index is 113. The number of nitrogens with zero attached hydrogens (tertiary/aromatic N) is 1. The molecule has 0 N–H and O–H groups in total. The van der Waals surface area contributed by atoms with Crippen molar-refractivity contribution in [1.29, 1.82) is 0 Å². The van der Waals surface area contributed by atoms with Gasteiger partial charge >= 0.3 is 0 Å². The third-order valence-electron chi connectivity index (χ3n) is 1.75. The first-order valence-corrected chi connectivity index (χ1v) is 4.43. The van der Waals surface area contributed by atoms with Gasteiger partial charge in [-0.2, -0.15) is 0 Å². The van der Waals surface area contributed by atoms with Crippen molar-refractivity contribution in [2.24, 2.45) is 0 Å². The fourth-order valence-electron chi connectivity index (χ4n) is 1.04. The van der Waals surface area contributed by atoms with Crippen molar-refractivity contribution in [3.8, 4) is 12.3 Å². The van der Waals surface area contributed by atoms with E-state index < -0.39 is 0 Å². The van der Waals surface area contributed by atoms with E-state index in [9.17, 15) is 0 Å². The van der Waals surface area contributed by atoms with Gasteiger partial charge < -0.3 is 0 Å². The van der Waals surface area contributed by atoms with Crippen LogP contribution in [0.4, 0.5) is 0 Å². The van der Waals surface area contributed by atoms with Crippen molar-refractivity contribution in [2.45, 2.75) is 32.6 Å². The lowest BCUT2D eigenvalue weighted by atomic mass is 10.2. The summed E-state index contributed by atoms with van der Waals surface area (Å²) in [6.07, 6.45) is 10.4. The predicted molar refractivity (Wildman–Crippen MR) is 50.5 cm³/mol. The van der Waals surface area contributed by atoms with Gasteiger partial charge in [0.15, 0.2) is 0 Å². The molecule has 0 amide bonds. The molecule has 0 heterocycles. The first kappa shape index (κ1) is 10.5. The molecule has 0 radical (unpaired) electrons. The Hall–Kier alpha value is -0.480. The van der Waals surface area contributed by atoms with Crippen molar-refractivity contribution < 1.29 is 0 Å². The van der Waals surface area contributed by atoms with E-state index in [1.165, 1.54) is 25.7 Å². The number of hydrogen-bond donors (Lipinski definition) is 0. The van der Waals surface area contributed by atoms with Gasteiger partial charge in [-0.1, -0.05) is 32.1 Å². The van der Waals surface area contributed by atoms with Gasteiger partial charge in [0.2, 0.25) is 0 Å². The van der Waals surface area contributed by atoms with Crippen LogP contribution < -0.4 is 0 Å². The molecular weight excluding hydrogens is 134 g/mol. The lowest BCUT2D eigenvalue weighted by Gasteiger charge is -2.11. The molecule has 1 nitrogen and oxygen atoms in total. The summed E-state index contributed by atoms with van der Waals surface area (Å²) in [6.45, 7) is 4.15. The summed E-state index contributed by atoms with van der Waals surface area (Å²) in [5, 5.41) is 0. The second kappa shape index (κ2) is 7.63. The molecule has 0 fully saturated rings. The van der Waals surface area contributed by atoms with Gasteiger partial charge in [0.05, 0.1) is 6.54 Å². The Balaban J connectivity index is 3.05. The van der Waals surface area contributed by atoms with Gasteiger partial charge in [-0.25, -0.2) is 0 Å². The van der Waals surface area contributed by atoms with Crippen LogP contribution in [0.25, 0.3) is 0 Å². The Morgan fingerprint density at radius 3 is 2.55 bits per heavy atom. The molecule has 64 valence electrons. The quantitative estimate of drug-likeness (QED) is 0.417. The maximum atomic E-state index is 5.17. The van der Waals surface area contributed by atoms with Crippen molar-refractivity contribution in [2.75, 3.05) is 20.1 Å². The Morgan fingerprint density at radius 2 is 2.00 bits per heavy atom. The second-order valence-corrected chi connectivity index (χ2v) is 3.00. The topological polar surface area (TPSA) is 3.24 Å². The highest BCUT2D eigenvalue weighted by Gasteiger charge is 1.93. The Kier molecular flexibility index (Phi) is 7.29. The van der Waals surface area contributed by atoms with Crippen LogP contribution in [0.3, 0.4) is 0 Å². The summed E-state index contributed by atoms with van der Waals surface area (Å²) in [5.41, 5.74) is 0. The monoisotopic (exact) mass is 153 g/mol. The summed E-state index contributed by atoms with van der Waals surface area (Å²) in [4.78, 5) is 2.19. The predicted octanol–water partition coefficient (Wildman–Crippen LogP) is 2.13. The van der Waals surface area contributed by atoms with Gasteiger partial charge in [0.1, 0.15) is 0 Å². The van der Waals surface area contributed by atoms with Crippen LogP contribution in [0.2, 0.25) is 0 Å². The first-order chi connectivity index (χ1) is 5.31. The number of unbranched alkanes of at least 4 members (excludes halogenated alkanes) is 3. The van der Waals surface area contributed by atoms with E-state index in [1.807, 2.05) is 0 Å². The normalized spacial score (nSPS) is 10.0. The zero-order valence-electron chi connectivity index (χ0n) is 7.77. The molecule has 0 bridgehead atoms. The smallest absolute Gasteiger partial charge is 0.0596 e. The largest absolute Gasteiger partial charge is 0.295 e. The van der Waals surface area contributed by atoms with Crippen LogP contribution in [-0.2, 0) is 0 Å². The molecule has 0 saturated carbocycles. The standard InChI is InChI=1S/C10H19N/c1-4-6-7-8-10-11(3)9-5-2/h2H,4,6-10H2,1,3H3. The van der Waals surface area contributed by atoms with Gasteiger partial charge in [-0.15, -0.1) is 6.42 Å². The summed E-state index contributed by atoms with van der Waals surface area (Å²) in [6, 6.07) is 0. The average molecular weight is 153 g/mol. The van der Waals surface area contributed by atoms with Crippen LogP contribution in [0, 0.1) is 12.3 Å². The number of rotatable bonds is 6. The SMILES string of the molecule is C#CCN(C)CCCCCC. The fraction of sp³-hybridized carbons (Fsp3) is 0.800. The highest BCUT2D eigenvalue weighted by Crippen LogP contribution is 1.99. The van der Waals surface area contributed by atoms with Gasteiger partial charge in [-0.05, 0) is 20.0 Å². The maximum Gasteiger partial charge on any atom is 0.0596 e. The average Bonchev–Trinajstić information content (AvgIpc) is 1.99. The van der Waals surface area contributed by atoms with E-state index in [-0.39, 0.29) is 0 Å². The first-order valence-electron chi connectivity index (χ1n) is 4.43. The Morgan fingerprint density at radius 1 is 1.27 bits per heavy atom. The van der Waals surface area contributed by atoms with Crippen LogP contribution in [0.1, 0.15) is 32.6 Å². The van der Waals surface area contributed by atoms with E-state index in [4.69, 9.17) is 6.42 Å². The molecule has 0 saturated heterocycles. The van der Waals surface area contributed by atoms with E-state index in [0.717, 1.165) is 13.1 Å². The van der Waals surface area contributed by atoms with Crippen molar-refractivity contribution >= 4 is 0 Å². The van der Waals surface area contributed by atoms with Crippen molar-refractivity contribution in [3.05, 3.63) is 0 Å². The van der Waals surface area contributed by atoms with Crippen LogP contribution in [0.5, 0.6) is 0 Å². The molecule has 0 unspecified atom stereocenters. The molecule has 0 aromatic carbocycles. The molecule has 0 aliphatic heterocycles. The van der Waals surface area contributed by atoms with Gasteiger partial charge in [0, 0.05) is 0 Å². The van der Waals surface area contributed by atoms with Crippen molar-refractivity contribution in [3.63, 3.8) is 0 Å². The summed E-state index contributed by atoms with van der Waals surface area (Å²) in [7, 11) is 2.08.